The third-order valence-corrected chi connectivity index (χ3v) is 4.15. The summed E-state index contributed by atoms with van der Waals surface area (Å²) in [6, 6.07) is 0.637. The zero-order valence-electron chi connectivity index (χ0n) is 11.0. The number of nitrogens with one attached hydrogen (secondary N) is 2. The minimum Gasteiger partial charge on any atom is -0.316 e. The first-order valence-electron chi connectivity index (χ1n) is 7.17. The second-order valence-corrected chi connectivity index (χ2v) is 6.13. The summed E-state index contributed by atoms with van der Waals surface area (Å²) in [6.07, 6.45) is 8.65. The van der Waals surface area contributed by atoms with Gasteiger partial charge in [0.15, 0.2) is 0 Å². The molecule has 0 aromatic carbocycles. The van der Waals surface area contributed by atoms with Crippen LogP contribution < -0.4 is 10.6 Å². The van der Waals surface area contributed by atoms with Gasteiger partial charge in [0.1, 0.15) is 0 Å². The van der Waals surface area contributed by atoms with E-state index in [1.807, 2.05) is 0 Å². The number of rotatable bonds is 9. The van der Waals surface area contributed by atoms with Crippen LogP contribution in [0.2, 0.25) is 0 Å². The Morgan fingerprint density at radius 2 is 1.81 bits per heavy atom. The van der Waals surface area contributed by atoms with Crippen LogP contribution in [0.25, 0.3) is 0 Å². The fourth-order valence-corrected chi connectivity index (χ4v) is 2.69. The van der Waals surface area contributed by atoms with Gasteiger partial charge in [-0.05, 0) is 62.9 Å². The van der Waals surface area contributed by atoms with Gasteiger partial charge in [-0.3, -0.25) is 0 Å². The smallest absolute Gasteiger partial charge is 0.00105 e. The quantitative estimate of drug-likeness (QED) is 0.588. The van der Waals surface area contributed by atoms with E-state index in [4.69, 9.17) is 0 Å². The Kier molecular flexibility index (Phi) is 4.26. The summed E-state index contributed by atoms with van der Waals surface area (Å²) in [5.41, 5.74) is 0.774. The summed E-state index contributed by atoms with van der Waals surface area (Å²) in [5, 5.41) is 7.14. The zero-order chi connectivity index (χ0) is 11.4. The molecule has 0 amide bonds. The Morgan fingerprint density at radius 1 is 1.12 bits per heavy atom. The van der Waals surface area contributed by atoms with E-state index in [9.17, 15) is 0 Å². The molecule has 0 atom stereocenters. The summed E-state index contributed by atoms with van der Waals surface area (Å²) in [4.78, 5) is 0. The molecule has 0 unspecified atom stereocenters. The van der Waals surface area contributed by atoms with E-state index in [2.05, 4.69) is 24.5 Å². The average Bonchev–Trinajstić information content (AvgIpc) is 3.09. The van der Waals surface area contributed by atoms with Crippen LogP contribution in [0, 0.1) is 11.3 Å². The van der Waals surface area contributed by atoms with Crippen LogP contribution in [0.15, 0.2) is 0 Å². The van der Waals surface area contributed by atoms with Crippen LogP contribution in [0.1, 0.15) is 52.4 Å². The van der Waals surface area contributed by atoms with Crippen molar-refractivity contribution in [2.75, 3.05) is 19.6 Å². The van der Waals surface area contributed by atoms with Crippen LogP contribution in [0.4, 0.5) is 0 Å². The van der Waals surface area contributed by atoms with Gasteiger partial charge in [-0.25, -0.2) is 0 Å². The standard InChI is InChI=1S/C14H28N2/c1-12(2)16-10-4-3-9-15-11-14(7-8-14)13-5-6-13/h12-13,15-16H,3-11H2,1-2H3. The molecule has 2 N–H and O–H groups in total. The van der Waals surface area contributed by atoms with Gasteiger partial charge >= 0.3 is 0 Å². The predicted octanol–water partition coefficient (Wildman–Crippen LogP) is 2.54. The monoisotopic (exact) mass is 224 g/mol. The van der Waals surface area contributed by atoms with E-state index in [1.54, 1.807) is 0 Å². The lowest BCUT2D eigenvalue weighted by Crippen LogP contribution is -2.28. The lowest BCUT2D eigenvalue weighted by molar-refractivity contribution is 0.400. The van der Waals surface area contributed by atoms with Crippen molar-refractivity contribution in [1.82, 2.24) is 10.6 Å². The zero-order valence-corrected chi connectivity index (χ0v) is 11.0. The molecule has 0 saturated heterocycles. The van der Waals surface area contributed by atoms with Gasteiger partial charge in [0.05, 0.1) is 0 Å². The SMILES string of the molecule is CC(C)NCCCCNCC1(C2CC2)CC1. The lowest BCUT2D eigenvalue weighted by Gasteiger charge is -2.15. The van der Waals surface area contributed by atoms with Crippen LogP contribution in [0.5, 0.6) is 0 Å². The van der Waals surface area contributed by atoms with Crippen molar-refractivity contribution in [2.24, 2.45) is 11.3 Å². The molecule has 2 heteroatoms. The molecule has 0 aromatic heterocycles. The molecule has 2 fully saturated rings. The van der Waals surface area contributed by atoms with Gasteiger partial charge < -0.3 is 10.6 Å². The van der Waals surface area contributed by atoms with E-state index >= 15 is 0 Å². The molecular weight excluding hydrogens is 196 g/mol. The molecule has 0 bridgehead atoms. The first kappa shape index (κ1) is 12.4. The number of hydrogen-bond acceptors (Lipinski definition) is 2. The van der Waals surface area contributed by atoms with Crippen LogP contribution >= 0.6 is 0 Å². The first-order valence-corrected chi connectivity index (χ1v) is 7.17. The molecule has 0 radical (unpaired) electrons. The minimum absolute atomic E-state index is 0.637. The normalized spacial score (nSPS) is 22.7. The van der Waals surface area contributed by atoms with E-state index in [-0.39, 0.29) is 0 Å². The fraction of sp³-hybridized carbons (Fsp3) is 1.00. The average molecular weight is 224 g/mol. The van der Waals surface area contributed by atoms with Gasteiger partial charge in [0.2, 0.25) is 0 Å². The third kappa shape index (κ3) is 3.74. The highest BCUT2D eigenvalue weighted by Gasteiger charge is 2.52. The van der Waals surface area contributed by atoms with Gasteiger partial charge in [0.25, 0.3) is 0 Å². The largest absolute Gasteiger partial charge is 0.316 e. The van der Waals surface area contributed by atoms with Crippen molar-refractivity contribution in [2.45, 2.75) is 58.4 Å². The second kappa shape index (κ2) is 5.50. The topological polar surface area (TPSA) is 24.1 Å². The van der Waals surface area contributed by atoms with Crippen molar-refractivity contribution < 1.29 is 0 Å². The van der Waals surface area contributed by atoms with Crippen molar-refractivity contribution in [1.29, 1.82) is 0 Å². The number of hydrogen-bond donors (Lipinski definition) is 2. The van der Waals surface area contributed by atoms with Crippen molar-refractivity contribution in [3.63, 3.8) is 0 Å². The molecule has 2 aliphatic carbocycles. The van der Waals surface area contributed by atoms with E-state index in [0.717, 1.165) is 11.3 Å². The van der Waals surface area contributed by atoms with Crippen molar-refractivity contribution in [3.8, 4) is 0 Å². The Hall–Kier alpha value is -0.0800. The van der Waals surface area contributed by atoms with Crippen LogP contribution in [-0.2, 0) is 0 Å². The van der Waals surface area contributed by atoms with Crippen molar-refractivity contribution in [3.05, 3.63) is 0 Å². The Morgan fingerprint density at radius 3 is 2.38 bits per heavy atom. The molecule has 0 aromatic rings. The first-order chi connectivity index (χ1) is 7.73. The summed E-state index contributed by atoms with van der Waals surface area (Å²) in [7, 11) is 0. The molecule has 0 spiro atoms. The minimum atomic E-state index is 0.637. The molecule has 0 aliphatic heterocycles. The summed E-state index contributed by atoms with van der Waals surface area (Å²) >= 11 is 0. The fourth-order valence-electron chi connectivity index (χ4n) is 2.69. The molecule has 2 saturated carbocycles. The van der Waals surface area contributed by atoms with Gasteiger partial charge in [-0.15, -0.1) is 0 Å². The Labute approximate surface area is 101 Å². The van der Waals surface area contributed by atoms with Gasteiger partial charge in [-0.1, -0.05) is 13.8 Å². The lowest BCUT2D eigenvalue weighted by atomic mass is 10.0. The van der Waals surface area contributed by atoms with Crippen LogP contribution in [0.3, 0.4) is 0 Å². The number of unbranched alkanes of at least 4 members (excludes halogenated alkanes) is 1. The highest BCUT2D eigenvalue weighted by Crippen LogP contribution is 2.60. The molecule has 2 nitrogen and oxygen atoms in total. The van der Waals surface area contributed by atoms with E-state index in [1.165, 1.54) is 58.2 Å². The third-order valence-electron chi connectivity index (χ3n) is 4.15. The molecule has 2 aliphatic rings. The Bertz CT molecular complexity index is 205. The van der Waals surface area contributed by atoms with Gasteiger partial charge in [-0.2, -0.15) is 0 Å². The van der Waals surface area contributed by atoms with Crippen molar-refractivity contribution >= 4 is 0 Å². The molecule has 94 valence electrons. The maximum absolute atomic E-state index is 3.67. The molecular formula is C14H28N2. The summed E-state index contributed by atoms with van der Waals surface area (Å²) in [5.74, 6) is 1.10. The van der Waals surface area contributed by atoms with Crippen LogP contribution in [-0.4, -0.2) is 25.7 Å². The molecule has 16 heavy (non-hydrogen) atoms. The Balaban J connectivity index is 1.41. The van der Waals surface area contributed by atoms with E-state index in [0.29, 0.717) is 6.04 Å². The molecule has 0 heterocycles. The summed E-state index contributed by atoms with van der Waals surface area (Å²) < 4.78 is 0. The second-order valence-electron chi connectivity index (χ2n) is 6.13. The van der Waals surface area contributed by atoms with E-state index < -0.39 is 0 Å². The maximum atomic E-state index is 3.67. The summed E-state index contributed by atoms with van der Waals surface area (Å²) in [6.45, 7) is 8.12. The van der Waals surface area contributed by atoms with Gasteiger partial charge in [0, 0.05) is 12.6 Å². The highest BCUT2D eigenvalue weighted by molar-refractivity contribution is 5.04. The molecule has 2 rings (SSSR count). The maximum Gasteiger partial charge on any atom is 0.00105 e. The highest BCUT2D eigenvalue weighted by atomic mass is 14.9. The predicted molar refractivity (Wildman–Crippen MR) is 69.6 cm³/mol.